The first kappa shape index (κ1) is 11.7. The number of rotatable bonds is 1. The van der Waals surface area contributed by atoms with E-state index in [2.05, 4.69) is 36.5 Å². The van der Waals surface area contributed by atoms with Gasteiger partial charge in [0.25, 0.3) is 0 Å². The molecule has 16 heavy (non-hydrogen) atoms. The zero-order valence-electron chi connectivity index (χ0n) is 10.3. The molecule has 1 saturated carbocycles. The smallest absolute Gasteiger partial charge is 0.00672 e. The lowest BCUT2D eigenvalue weighted by molar-refractivity contribution is 0.880. The molecule has 0 amide bonds. The van der Waals surface area contributed by atoms with Gasteiger partial charge in [0.2, 0.25) is 0 Å². The predicted molar refractivity (Wildman–Crippen MR) is 75.8 cm³/mol. The van der Waals surface area contributed by atoms with Crippen molar-refractivity contribution in [3.05, 3.63) is 47.6 Å². The van der Waals surface area contributed by atoms with Gasteiger partial charge in [0.15, 0.2) is 0 Å². The third-order valence-corrected chi connectivity index (χ3v) is 4.75. The van der Waals surface area contributed by atoms with Gasteiger partial charge in [-0.15, -0.1) is 0 Å². The van der Waals surface area contributed by atoms with Crippen LogP contribution < -0.4 is 0 Å². The lowest BCUT2D eigenvalue weighted by Gasteiger charge is -1.99. The maximum absolute atomic E-state index is 2.21. The van der Waals surface area contributed by atoms with Crippen LogP contribution in [0.3, 0.4) is 0 Å². The van der Waals surface area contributed by atoms with E-state index in [9.17, 15) is 0 Å². The van der Waals surface area contributed by atoms with Gasteiger partial charge in [0.05, 0.1) is 0 Å². The first-order chi connectivity index (χ1) is 7.86. The largest absolute Gasteiger partial charge is 0.0801 e. The van der Waals surface area contributed by atoms with Crippen molar-refractivity contribution in [1.82, 2.24) is 0 Å². The Hall–Kier alpha value is -0.823. The van der Waals surface area contributed by atoms with Crippen molar-refractivity contribution in [1.29, 1.82) is 0 Å². The molecule has 0 atom stereocenters. The summed E-state index contributed by atoms with van der Waals surface area (Å²) in [6.07, 6.45) is 21.5. The van der Waals surface area contributed by atoms with Gasteiger partial charge in [-0.2, -0.15) is 0 Å². The molecule has 1 fully saturated rings. The summed E-state index contributed by atoms with van der Waals surface area (Å²) < 4.78 is 0. The van der Waals surface area contributed by atoms with E-state index >= 15 is 0 Å². The molecule has 0 aromatic heterocycles. The van der Waals surface area contributed by atoms with Crippen molar-refractivity contribution in [2.24, 2.45) is 0 Å². The summed E-state index contributed by atoms with van der Waals surface area (Å²) in [6, 6.07) is 0. The monoisotopic (exact) mass is 230 g/mol. The SMILES string of the molecule is C1=CCC(C2=CC=CC2)=C1.[SiH3]C1CCCC1. The molecule has 0 aliphatic heterocycles. The zero-order valence-corrected chi connectivity index (χ0v) is 12.3. The number of allylic oxidation sites excluding steroid dienone is 8. The maximum atomic E-state index is 2.21. The van der Waals surface area contributed by atoms with Crippen LogP contribution in [0.5, 0.6) is 0 Å². The summed E-state index contributed by atoms with van der Waals surface area (Å²) in [5, 5.41) is 0. The fourth-order valence-electron chi connectivity index (χ4n) is 2.50. The highest BCUT2D eigenvalue weighted by atomic mass is 28.1. The minimum Gasteiger partial charge on any atom is -0.0801 e. The number of hydrogen-bond acceptors (Lipinski definition) is 0. The molecular formula is C15H22Si. The van der Waals surface area contributed by atoms with Crippen LogP contribution in [0.1, 0.15) is 38.5 Å². The molecule has 0 heterocycles. The van der Waals surface area contributed by atoms with Gasteiger partial charge in [-0.1, -0.05) is 67.7 Å². The highest BCUT2D eigenvalue weighted by molar-refractivity contribution is 6.11. The fourth-order valence-corrected chi connectivity index (χ4v) is 3.32. The Bertz CT molecular complexity index is 310. The van der Waals surface area contributed by atoms with E-state index in [1.54, 1.807) is 12.8 Å². The predicted octanol–water partition coefficient (Wildman–Crippen LogP) is 3.47. The standard InChI is InChI=1S/C10H10.C5H12Si/c1-2-6-9(5-1)10-7-3-4-8-10;6-5-3-1-2-4-5/h1-5,7H,6,8H2;5H,1-4H2,6H3. The maximum Gasteiger partial charge on any atom is 0.00672 e. The average molecular weight is 230 g/mol. The molecule has 3 aliphatic rings. The van der Waals surface area contributed by atoms with Crippen LogP contribution in [-0.2, 0) is 0 Å². The summed E-state index contributed by atoms with van der Waals surface area (Å²) in [4.78, 5) is 0. The molecule has 1 heteroatoms. The van der Waals surface area contributed by atoms with E-state index in [0.717, 1.165) is 12.8 Å². The van der Waals surface area contributed by atoms with Gasteiger partial charge in [-0.05, 0) is 24.0 Å². The molecule has 0 aromatic rings. The molecule has 0 spiro atoms. The third kappa shape index (κ3) is 3.34. The van der Waals surface area contributed by atoms with Crippen molar-refractivity contribution < 1.29 is 0 Å². The van der Waals surface area contributed by atoms with Crippen molar-refractivity contribution in [2.75, 3.05) is 0 Å². The van der Waals surface area contributed by atoms with Crippen LogP contribution in [-0.4, -0.2) is 10.2 Å². The summed E-state index contributed by atoms with van der Waals surface area (Å²) in [6.45, 7) is 0. The molecular weight excluding hydrogens is 208 g/mol. The second kappa shape index (κ2) is 6.05. The van der Waals surface area contributed by atoms with E-state index in [1.165, 1.54) is 39.8 Å². The Kier molecular flexibility index (Phi) is 4.40. The Labute approximate surface area is 102 Å². The van der Waals surface area contributed by atoms with Gasteiger partial charge in [0, 0.05) is 10.2 Å². The fraction of sp³-hybridized carbons (Fsp3) is 0.467. The van der Waals surface area contributed by atoms with Gasteiger partial charge < -0.3 is 0 Å². The first-order valence-corrected chi connectivity index (χ1v) is 7.73. The second-order valence-corrected chi connectivity index (χ2v) is 6.67. The van der Waals surface area contributed by atoms with Gasteiger partial charge >= 0.3 is 0 Å². The normalized spacial score (nSPS) is 23.2. The molecule has 86 valence electrons. The Balaban J connectivity index is 0.000000138. The van der Waals surface area contributed by atoms with Crippen molar-refractivity contribution in [3.63, 3.8) is 0 Å². The van der Waals surface area contributed by atoms with E-state index in [4.69, 9.17) is 0 Å². The van der Waals surface area contributed by atoms with E-state index in [-0.39, 0.29) is 0 Å². The van der Waals surface area contributed by atoms with Crippen molar-refractivity contribution in [3.8, 4) is 0 Å². The number of hydrogen-bond donors (Lipinski definition) is 0. The van der Waals surface area contributed by atoms with Gasteiger partial charge in [-0.25, -0.2) is 0 Å². The summed E-state index contributed by atoms with van der Waals surface area (Å²) >= 11 is 0. The highest BCUT2D eigenvalue weighted by Gasteiger charge is 2.07. The molecule has 3 rings (SSSR count). The Morgan fingerprint density at radius 1 is 0.875 bits per heavy atom. The van der Waals surface area contributed by atoms with Gasteiger partial charge in [-0.3, -0.25) is 0 Å². The average Bonchev–Trinajstić information content (AvgIpc) is 3.02. The minimum atomic E-state index is 1.13. The van der Waals surface area contributed by atoms with Crippen LogP contribution >= 0.6 is 0 Å². The highest BCUT2D eigenvalue weighted by Crippen LogP contribution is 2.26. The summed E-state index contributed by atoms with van der Waals surface area (Å²) in [5.41, 5.74) is 4.17. The Morgan fingerprint density at radius 3 is 1.62 bits per heavy atom. The topological polar surface area (TPSA) is 0 Å². The molecule has 0 radical (unpaired) electrons. The quantitative estimate of drug-likeness (QED) is 0.605. The van der Waals surface area contributed by atoms with Crippen molar-refractivity contribution >= 4 is 10.2 Å². The van der Waals surface area contributed by atoms with Crippen LogP contribution in [0, 0.1) is 0 Å². The summed E-state index contributed by atoms with van der Waals surface area (Å²) in [5.74, 6) is 0. The molecule has 0 nitrogen and oxygen atoms in total. The molecule has 0 N–H and O–H groups in total. The molecule has 0 saturated heterocycles. The zero-order chi connectivity index (χ0) is 11.2. The first-order valence-electron chi connectivity index (χ1n) is 6.58. The third-order valence-electron chi connectivity index (χ3n) is 3.60. The van der Waals surface area contributed by atoms with E-state index in [1.807, 2.05) is 0 Å². The molecule has 3 aliphatic carbocycles. The molecule has 0 unspecified atom stereocenters. The molecule has 0 aromatic carbocycles. The lowest BCUT2D eigenvalue weighted by Crippen LogP contribution is -1.80. The van der Waals surface area contributed by atoms with Crippen LogP contribution in [0.2, 0.25) is 5.54 Å². The van der Waals surface area contributed by atoms with Crippen molar-refractivity contribution in [2.45, 2.75) is 44.1 Å². The van der Waals surface area contributed by atoms with E-state index < -0.39 is 0 Å². The van der Waals surface area contributed by atoms with E-state index in [0.29, 0.717) is 0 Å². The van der Waals surface area contributed by atoms with Gasteiger partial charge in [0.1, 0.15) is 0 Å². The Morgan fingerprint density at radius 2 is 1.38 bits per heavy atom. The molecule has 0 bridgehead atoms. The van der Waals surface area contributed by atoms with Crippen LogP contribution in [0.15, 0.2) is 47.6 Å². The summed E-state index contributed by atoms with van der Waals surface area (Å²) in [7, 11) is 1.45. The minimum absolute atomic E-state index is 1.13. The van der Waals surface area contributed by atoms with Crippen LogP contribution in [0.25, 0.3) is 0 Å². The second-order valence-electron chi connectivity index (χ2n) is 5.04. The lowest BCUT2D eigenvalue weighted by atomic mass is 10.1. The van der Waals surface area contributed by atoms with Crippen LogP contribution in [0.4, 0.5) is 0 Å².